The number of aromatic nitrogens is 1. The van der Waals surface area contributed by atoms with E-state index in [4.69, 9.17) is 0 Å². The molecule has 1 aromatic carbocycles. The third kappa shape index (κ3) is 1.52. The van der Waals surface area contributed by atoms with Crippen LogP contribution in [0.5, 0.6) is 5.75 Å². The summed E-state index contributed by atoms with van der Waals surface area (Å²) in [5, 5.41) is 12.4. The van der Waals surface area contributed by atoms with Crippen LogP contribution >= 0.6 is 22.7 Å². The van der Waals surface area contributed by atoms with Crippen LogP contribution in [0.3, 0.4) is 0 Å². The topological polar surface area (TPSA) is 33.1 Å². The highest BCUT2D eigenvalue weighted by Crippen LogP contribution is 2.33. The summed E-state index contributed by atoms with van der Waals surface area (Å²) in [6, 6.07) is 9.37. The number of thiophene rings is 1. The summed E-state index contributed by atoms with van der Waals surface area (Å²) in [5.74, 6) is 0.269. The maximum Gasteiger partial charge on any atom is 0.134 e. The van der Waals surface area contributed by atoms with E-state index in [2.05, 4.69) is 11.1 Å². The van der Waals surface area contributed by atoms with Gasteiger partial charge in [0, 0.05) is 6.07 Å². The molecular formula is C11H7NOS2. The van der Waals surface area contributed by atoms with Crippen molar-refractivity contribution in [3.05, 3.63) is 35.7 Å². The van der Waals surface area contributed by atoms with Gasteiger partial charge in [0.15, 0.2) is 0 Å². The molecule has 0 aliphatic heterocycles. The zero-order valence-electron chi connectivity index (χ0n) is 7.68. The minimum atomic E-state index is 0.269. The van der Waals surface area contributed by atoms with Gasteiger partial charge in [0.05, 0.1) is 15.1 Å². The van der Waals surface area contributed by atoms with E-state index in [1.54, 1.807) is 34.8 Å². The molecule has 0 unspecified atom stereocenters. The Kier molecular flexibility index (Phi) is 1.97. The van der Waals surface area contributed by atoms with Crippen molar-refractivity contribution in [2.45, 2.75) is 0 Å². The summed E-state index contributed by atoms with van der Waals surface area (Å²) in [4.78, 5) is 5.66. The van der Waals surface area contributed by atoms with Crippen molar-refractivity contribution in [2.75, 3.05) is 0 Å². The fourth-order valence-electron chi connectivity index (χ4n) is 1.42. The summed E-state index contributed by atoms with van der Waals surface area (Å²) < 4.78 is 1.11. The highest BCUT2D eigenvalue weighted by atomic mass is 32.1. The lowest BCUT2D eigenvalue weighted by atomic mass is 10.3. The van der Waals surface area contributed by atoms with Crippen molar-refractivity contribution in [1.82, 2.24) is 4.98 Å². The SMILES string of the molecule is Oc1ccc2sc(-c3cccs3)nc2c1. The number of hydrogen-bond donors (Lipinski definition) is 1. The number of nitrogens with zero attached hydrogens (tertiary/aromatic N) is 1. The van der Waals surface area contributed by atoms with Crippen molar-refractivity contribution in [3.63, 3.8) is 0 Å². The Morgan fingerprint density at radius 3 is 2.93 bits per heavy atom. The van der Waals surface area contributed by atoms with Crippen LogP contribution in [0.1, 0.15) is 0 Å². The maximum absolute atomic E-state index is 9.34. The molecular weight excluding hydrogens is 226 g/mol. The van der Waals surface area contributed by atoms with Crippen LogP contribution < -0.4 is 0 Å². The molecule has 0 amide bonds. The predicted octanol–water partition coefficient (Wildman–Crippen LogP) is 3.73. The summed E-state index contributed by atoms with van der Waals surface area (Å²) in [6.45, 7) is 0. The van der Waals surface area contributed by atoms with Gasteiger partial charge < -0.3 is 5.11 Å². The van der Waals surface area contributed by atoms with E-state index in [0.717, 1.165) is 15.2 Å². The highest BCUT2D eigenvalue weighted by Gasteiger charge is 2.06. The first-order chi connectivity index (χ1) is 7.33. The largest absolute Gasteiger partial charge is 0.508 e. The van der Waals surface area contributed by atoms with Gasteiger partial charge in [-0.05, 0) is 23.6 Å². The van der Waals surface area contributed by atoms with Crippen LogP contribution in [-0.4, -0.2) is 10.1 Å². The average molecular weight is 233 g/mol. The zero-order chi connectivity index (χ0) is 10.3. The first kappa shape index (κ1) is 8.88. The van der Waals surface area contributed by atoms with Crippen molar-refractivity contribution in [3.8, 4) is 15.6 Å². The van der Waals surface area contributed by atoms with Gasteiger partial charge >= 0.3 is 0 Å². The van der Waals surface area contributed by atoms with Crippen molar-refractivity contribution >= 4 is 32.9 Å². The summed E-state index contributed by atoms with van der Waals surface area (Å²) in [5.41, 5.74) is 0.864. The summed E-state index contributed by atoms with van der Waals surface area (Å²) in [7, 11) is 0. The van der Waals surface area contributed by atoms with Crippen LogP contribution in [0.25, 0.3) is 20.1 Å². The van der Waals surface area contributed by atoms with E-state index in [9.17, 15) is 5.11 Å². The predicted molar refractivity (Wildman–Crippen MR) is 64.6 cm³/mol. The van der Waals surface area contributed by atoms with Crippen LogP contribution in [-0.2, 0) is 0 Å². The number of hydrogen-bond acceptors (Lipinski definition) is 4. The van der Waals surface area contributed by atoms with Gasteiger partial charge in [0.2, 0.25) is 0 Å². The maximum atomic E-state index is 9.34. The number of phenols is 1. The molecule has 2 aromatic heterocycles. The number of aromatic hydroxyl groups is 1. The molecule has 2 nitrogen and oxygen atoms in total. The van der Waals surface area contributed by atoms with Gasteiger partial charge in [0.1, 0.15) is 10.8 Å². The Bertz CT molecular complexity index is 598. The normalized spacial score (nSPS) is 10.9. The molecule has 0 bridgehead atoms. The number of fused-ring (bicyclic) bond motifs is 1. The number of phenolic OH excluding ortho intramolecular Hbond substituents is 1. The van der Waals surface area contributed by atoms with E-state index in [0.29, 0.717) is 0 Å². The fourth-order valence-corrected chi connectivity index (χ4v) is 3.16. The van der Waals surface area contributed by atoms with Crippen LogP contribution in [0.4, 0.5) is 0 Å². The molecule has 3 aromatic rings. The molecule has 0 fully saturated rings. The van der Waals surface area contributed by atoms with E-state index >= 15 is 0 Å². The Morgan fingerprint density at radius 1 is 1.20 bits per heavy atom. The highest BCUT2D eigenvalue weighted by molar-refractivity contribution is 7.25. The molecule has 1 N–H and O–H groups in total. The third-order valence-corrected chi connectivity index (χ3v) is 4.18. The van der Waals surface area contributed by atoms with Crippen LogP contribution in [0.15, 0.2) is 35.7 Å². The minimum Gasteiger partial charge on any atom is -0.508 e. The molecule has 0 aliphatic carbocycles. The molecule has 0 saturated heterocycles. The Hall–Kier alpha value is -1.39. The number of rotatable bonds is 1. The van der Waals surface area contributed by atoms with Gasteiger partial charge in [-0.15, -0.1) is 22.7 Å². The molecule has 3 rings (SSSR count). The Morgan fingerprint density at radius 2 is 2.13 bits per heavy atom. The lowest BCUT2D eigenvalue weighted by molar-refractivity contribution is 0.476. The lowest BCUT2D eigenvalue weighted by Gasteiger charge is -1.88. The first-order valence-electron chi connectivity index (χ1n) is 4.46. The van der Waals surface area contributed by atoms with Gasteiger partial charge in [-0.3, -0.25) is 0 Å². The molecule has 0 saturated carbocycles. The van der Waals surface area contributed by atoms with Gasteiger partial charge in [-0.2, -0.15) is 0 Å². The second-order valence-electron chi connectivity index (χ2n) is 3.15. The van der Waals surface area contributed by atoms with E-state index in [1.165, 1.54) is 4.88 Å². The molecule has 2 heterocycles. The first-order valence-corrected chi connectivity index (χ1v) is 6.16. The van der Waals surface area contributed by atoms with Crippen LogP contribution in [0.2, 0.25) is 0 Å². The fraction of sp³-hybridized carbons (Fsp3) is 0. The van der Waals surface area contributed by atoms with Gasteiger partial charge in [-0.25, -0.2) is 4.98 Å². The molecule has 74 valence electrons. The van der Waals surface area contributed by atoms with E-state index in [-0.39, 0.29) is 5.75 Å². The molecule has 0 aliphatic rings. The molecule has 0 spiro atoms. The van der Waals surface area contributed by atoms with Crippen LogP contribution in [0, 0.1) is 0 Å². The molecule has 15 heavy (non-hydrogen) atoms. The average Bonchev–Trinajstić information content (AvgIpc) is 2.84. The third-order valence-electron chi connectivity index (χ3n) is 2.10. The quantitative estimate of drug-likeness (QED) is 0.694. The summed E-state index contributed by atoms with van der Waals surface area (Å²) in [6.07, 6.45) is 0. The van der Waals surface area contributed by atoms with Gasteiger partial charge in [0.25, 0.3) is 0 Å². The zero-order valence-corrected chi connectivity index (χ0v) is 9.31. The molecule has 0 atom stereocenters. The van der Waals surface area contributed by atoms with Crippen molar-refractivity contribution in [1.29, 1.82) is 0 Å². The number of thiazole rings is 1. The van der Waals surface area contributed by atoms with E-state index < -0.39 is 0 Å². The standard InChI is InChI=1S/C11H7NOS2/c13-7-3-4-9-8(6-7)12-11(15-9)10-2-1-5-14-10/h1-6,13H. The smallest absolute Gasteiger partial charge is 0.134 e. The number of benzene rings is 1. The monoisotopic (exact) mass is 233 g/mol. The minimum absolute atomic E-state index is 0.269. The van der Waals surface area contributed by atoms with Crippen molar-refractivity contribution < 1.29 is 5.11 Å². The second kappa shape index (κ2) is 3.32. The summed E-state index contributed by atoms with van der Waals surface area (Å²) >= 11 is 3.33. The molecule has 4 heteroatoms. The lowest BCUT2D eigenvalue weighted by Crippen LogP contribution is -1.69. The van der Waals surface area contributed by atoms with Crippen molar-refractivity contribution in [2.24, 2.45) is 0 Å². The van der Waals surface area contributed by atoms with Gasteiger partial charge in [-0.1, -0.05) is 6.07 Å². The Balaban J connectivity index is 2.22. The Labute approximate surface area is 94.5 Å². The second-order valence-corrected chi connectivity index (χ2v) is 5.13. The molecule has 0 radical (unpaired) electrons. The van der Waals surface area contributed by atoms with E-state index in [1.807, 2.05) is 17.5 Å².